The second kappa shape index (κ2) is 25.2. The molecule has 0 aliphatic carbocycles. The Morgan fingerprint density at radius 1 is 0.620 bits per heavy atom. The van der Waals surface area contributed by atoms with Crippen molar-refractivity contribution in [3.8, 4) is 23.0 Å². The highest BCUT2D eigenvalue weighted by atomic mass is 31.2. The molecule has 7 rings (SSSR count). The molecular formula is C57H69O11PSi2. The lowest BCUT2D eigenvalue weighted by molar-refractivity contribution is -0.107. The van der Waals surface area contributed by atoms with Crippen LogP contribution >= 0.6 is 6.89 Å². The molecule has 2 aliphatic heterocycles. The van der Waals surface area contributed by atoms with Gasteiger partial charge in [-0.25, -0.2) is 9.59 Å². The maximum Gasteiger partial charge on any atom is 0.342 e. The van der Waals surface area contributed by atoms with Crippen molar-refractivity contribution in [1.29, 1.82) is 0 Å². The Bertz CT molecular complexity index is 2670. The van der Waals surface area contributed by atoms with Gasteiger partial charge in [-0.05, 0) is 84.6 Å². The Kier molecular flexibility index (Phi) is 19.8. The normalized spacial score (nSPS) is 12.9. The number of hydrogen-bond donors (Lipinski definition) is 0. The van der Waals surface area contributed by atoms with Gasteiger partial charge in [0.1, 0.15) is 66.2 Å². The smallest absolute Gasteiger partial charge is 0.342 e. The fourth-order valence-electron chi connectivity index (χ4n) is 8.39. The molecule has 2 aliphatic rings. The monoisotopic (exact) mass is 1020 g/mol. The third kappa shape index (κ3) is 13.6. The molecule has 0 bridgehead atoms. The summed E-state index contributed by atoms with van der Waals surface area (Å²) in [6.07, 6.45) is 5.05. The topological polar surface area (TPSA) is 141 Å². The van der Waals surface area contributed by atoms with Crippen LogP contribution in [0.4, 0.5) is 0 Å². The highest BCUT2D eigenvalue weighted by Crippen LogP contribution is 2.46. The number of aldehydes is 3. The Labute approximate surface area is 421 Å². The van der Waals surface area contributed by atoms with E-state index in [4.69, 9.17) is 28.4 Å². The number of ether oxygens (including phenoxy) is 6. The highest BCUT2D eigenvalue weighted by molar-refractivity contribution is 7.96. The number of cyclic esters (lactones) is 2. The van der Waals surface area contributed by atoms with Gasteiger partial charge in [0.15, 0.2) is 0 Å². The molecule has 5 aromatic carbocycles. The summed E-state index contributed by atoms with van der Waals surface area (Å²) in [5.41, 5.74) is 5.44. The number of allylic oxidation sites excluding steroid dienone is 2. The molecule has 14 heteroatoms. The van der Waals surface area contributed by atoms with Crippen molar-refractivity contribution < 1.29 is 52.4 Å². The minimum absolute atomic E-state index is 0.145. The molecule has 0 unspecified atom stereocenters. The Morgan fingerprint density at radius 2 is 1.10 bits per heavy atom. The SMILES string of the molecule is CC(C=O)=P(c1ccccc1)(c1ccccc1)c1ccccc1.COc1c(C)c2c(c(OCC[Si](C)(C)C)c1C/C=C(\C)C=O)C(=O)OC2.COc1cc2c(c(OCC[Si](C)(C)C)c1CC=O)C(=O)OC2. The summed E-state index contributed by atoms with van der Waals surface area (Å²) in [5, 5.41) is 4.52. The molecule has 0 aromatic heterocycles. The molecule has 0 spiro atoms. The molecule has 0 saturated heterocycles. The number of carbonyl (C=O) groups is 5. The van der Waals surface area contributed by atoms with Crippen LogP contribution in [0.2, 0.25) is 51.4 Å². The Balaban J connectivity index is 0.000000199. The van der Waals surface area contributed by atoms with E-state index in [1.807, 2.05) is 74.5 Å². The van der Waals surface area contributed by atoms with Gasteiger partial charge in [-0.2, -0.15) is 0 Å². The van der Waals surface area contributed by atoms with Crippen molar-refractivity contribution >= 4 is 75.0 Å². The lowest BCUT2D eigenvalue weighted by Crippen LogP contribution is -2.30. The van der Waals surface area contributed by atoms with Gasteiger partial charge in [-0.3, -0.25) is 9.59 Å². The van der Waals surface area contributed by atoms with E-state index in [0.717, 1.165) is 58.5 Å². The standard InChI is InChI=1S/C21H19OP.C20H28O5Si.C16H22O5Si/c1-18(17-22)23(19-11-5-2-6-12-19,20-13-7-3-8-14-20)21-15-9-4-10-16-21;1-13(11-21)7-8-15-18(23-3)14(2)16-12-25-20(22)17(16)19(15)24-9-10-26(4,5)6;1-19-13-9-11-10-21-16(18)14(11)15(12(13)5-6-17)20-7-8-22(2,3)4/h2-17H,1H3;7,11H,8-10,12H2,1-6H3;6,9H,5,7-8,10H2,1-4H3/b;13-7+;. The Morgan fingerprint density at radius 3 is 1.54 bits per heavy atom. The lowest BCUT2D eigenvalue weighted by atomic mass is 9.95. The van der Waals surface area contributed by atoms with Gasteiger partial charge in [-0.1, -0.05) is 136 Å². The predicted octanol–water partition coefficient (Wildman–Crippen LogP) is 10.3. The molecule has 2 heterocycles. The first kappa shape index (κ1) is 55.6. The summed E-state index contributed by atoms with van der Waals surface area (Å²) in [5.74, 6) is 1.49. The second-order valence-corrected chi connectivity index (χ2v) is 34.6. The van der Waals surface area contributed by atoms with Crippen LogP contribution in [0.5, 0.6) is 23.0 Å². The van der Waals surface area contributed by atoms with E-state index in [0.29, 0.717) is 64.9 Å². The minimum atomic E-state index is -2.10. The number of carbonyl (C=O) groups excluding carboxylic acids is 5. The predicted molar refractivity (Wildman–Crippen MR) is 291 cm³/mol. The zero-order chi connectivity index (χ0) is 51.9. The van der Waals surface area contributed by atoms with E-state index in [1.54, 1.807) is 27.2 Å². The molecule has 5 aromatic rings. The highest BCUT2D eigenvalue weighted by Gasteiger charge is 2.34. The number of methoxy groups -OCH3 is 2. The first-order valence-electron chi connectivity index (χ1n) is 23.8. The number of fused-ring (bicyclic) bond motifs is 2. The largest absolute Gasteiger partial charge is 0.496 e. The molecule has 376 valence electrons. The van der Waals surface area contributed by atoms with Crippen LogP contribution in [-0.2, 0) is 49.9 Å². The van der Waals surface area contributed by atoms with E-state index < -0.39 is 29.0 Å². The number of hydrogen-bond acceptors (Lipinski definition) is 11. The quantitative estimate of drug-likeness (QED) is 0.0257. The molecule has 11 nitrogen and oxygen atoms in total. The fraction of sp³-hybridized carbons (Fsp3) is 0.333. The fourth-order valence-corrected chi connectivity index (χ4v) is 13.9. The zero-order valence-corrected chi connectivity index (χ0v) is 46.0. The molecule has 0 fully saturated rings. The van der Waals surface area contributed by atoms with Gasteiger partial charge in [0.2, 0.25) is 0 Å². The van der Waals surface area contributed by atoms with Gasteiger partial charge in [0.05, 0.1) is 27.4 Å². The molecule has 71 heavy (non-hydrogen) atoms. The van der Waals surface area contributed by atoms with E-state index >= 15 is 0 Å². The van der Waals surface area contributed by atoms with Crippen molar-refractivity contribution in [2.75, 3.05) is 27.4 Å². The van der Waals surface area contributed by atoms with Crippen molar-refractivity contribution in [1.82, 2.24) is 0 Å². The van der Waals surface area contributed by atoms with Crippen molar-refractivity contribution in [2.45, 2.75) is 98.2 Å². The zero-order valence-electron chi connectivity index (χ0n) is 43.1. The number of benzene rings is 5. The first-order chi connectivity index (χ1) is 33.9. The maximum atomic E-state index is 12.3. The summed E-state index contributed by atoms with van der Waals surface area (Å²) in [6.45, 7) is 18.7. The van der Waals surface area contributed by atoms with Gasteiger partial charge in [-0.15, -0.1) is 0 Å². The van der Waals surface area contributed by atoms with Crippen LogP contribution in [0.25, 0.3) is 0 Å². The number of esters is 2. The van der Waals surface area contributed by atoms with Crippen molar-refractivity contribution in [2.24, 2.45) is 0 Å². The van der Waals surface area contributed by atoms with Gasteiger partial charge in [0.25, 0.3) is 0 Å². The Hall–Kier alpha value is -6.28. The van der Waals surface area contributed by atoms with Gasteiger partial charge < -0.3 is 33.2 Å². The third-order valence-corrected chi connectivity index (χ3v) is 20.1. The van der Waals surface area contributed by atoms with E-state index in [9.17, 15) is 24.0 Å². The second-order valence-electron chi connectivity index (χ2n) is 19.8. The van der Waals surface area contributed by atoms with E-state index in [2.05, 4.69) is 75.7 Å². The molecule has 0 amide bonds. The average Bonchev–Trinajstić information content (AvgIpc) is 3.94. The van der Waals surface area contributed by atoms with Crippen LogP contribution in [0.1, 0.15) is 62.4 Å². The van der Waals surface area contributed by atoms with Crippen LogP contribution in [0.3, 0.4) is 0 Å². The molecule has 0 N–H and O–H groups in total. The summed E-state index contributed by atoms with van der Waals surface area (Å²) in [7, 11) is 0.620. The van der Waals surface area contributed by atoms with Gasteiger partial charge in [0, 0.05) is 44.8 Å². The average molecular weight is 1020 g/mol. The van der Waals surface area contributed by atoms with Crippen molar-refractivity contribution in [3.05, 3.63) is 148 Å². The first-order valence-corrected chi connectivity index (χ1v) is 33.0. The van der Waals surface area contributed by atoms with Gasteiger partial charge >= 0.3 is 11.9 Å². The summed E-state index contributed by atoms with van der Waals surface area (Å²) in [4.78, 5) is 58.1. The summed E-state index contributed by atoms with van der Waals surface area (Å²) in [6, 6.07) is 34.9. The van der Waals surface area contributed by atoms with Crippen LogP contribution in [0, 0.1) is 6.92 Å². The summed E-state index contributed by atoms with van der Waals surface area (Å²) >= 11 is 0. The van der Waals surface area contributed by atoms with Crippen LogP contribution in [-0.4, -0.2) is 79.7 Å². The van der Waals surface area contributed by atoms with Crippen LogP contribution < -0.4 is 34.9 Å². The maximum absolute atomic E-state index is 12.3. The molecule has 0 saturated carbocycles. The minimum Gasteiger partial charge on any atom is -0.496 e. The van der Waals surface area contributed by atoms with E-state index in [-0.39, 0.29) is 25.6 Å². The molecule has 0 atom stereocenters. The molecular weight excluding hydrogens is 948 g/mol. The summed E-state index contributed by atoms with van der Waals surface area (Å²) < 4.78 is 33.4. The lowest BCUT2D eigenvalue weighted by Gasteiger charge is -2.30. The third-order valence-electron chi connectivity index (χ3n) is 12.3. The van der Waals surface area contributed by atoms with E-state index in [1.165, 1.54) is 15.9 Å². The number of rotatable bonds is 19. The van der Waals surface area contributed by atoms with Crippen LogP contribution in [0.15, 0.2) is 109 Å². The van der Waals surface area contributed by atoms with Crippen molar-refractivity contribution in [3.63, 3.8) is 0 Å². The molecule has 0 radical (unpaired) electrons.